The van der Waals surface area contributed by atoms with Gasteiger partial charge in [0.25, 0.3) is 5.56 Å². The van der Waals surface area contributed by atoms with E-state index in [9.17, 15) is 9.18 Å². The highest BCUT2D eigenvalue weighted by Gasteiger charge is 2.46. The van der Waals surface area contributed by atoms with E-state index in [-0.39, 0.29) is 17.9 Å². The van der Waals surface area contributed by atoms with Crippen molar-refractivity contribution in [2.45, 2.75) is 25.4 Å². The van der Waals surface area contributed by atoms with Gasteiger partial charge in [0.1, 0.15) is 5.82 Å². The molecule has 1 aromatic carbocycles. The first-order valence-electron chi connectivity index (χ1n) is 11.0. The number of anilines is 1. The minimum absolute atomic E-state index is 0.207. The second-order valence-corrected chi connectivity index (χ2v) is 8.24. The van der Waals surface area contributed by atoms with Crippen LogP contribution in [0, 0.1) is 5.82 Å². The Morgan fingerprint density at radius 2 is 1.82 bits per heavy atom. The van der Waals surface area contributed by atoms with Gasteiger partial charge in [-0.25, -0.2) is 19.0 Å². The smallest absolute Gasteiger partial charge is 0.275 e. The Morgan fingerprint density at radius 1 is 1.03 bits per heavy atom. The van der Waals surface area contributed by atoms with E-state index in [2.05, 4.69) is 15.3 Å². The molecular weight excluding hydrogens is 439 g/mol. The van der Waals surface area contributed by atoms with E-state index in [1.165, 1.54) is 12.1 Å². The zero-order valence-electron chi connectivity index (χ0n) is 18.1. The minimum atomic E-state index is -0.857. The molecule has 1 N–H and O–H groups in total. The van der Waals surface area contributed by atoms with E-state index < -0.39 is 5.79 Å². The number of halogens is 1. The van der Waals surface area contributed by atoms with E-state index in [0.29, 0.717) is 54.8 Å². The number of hydrogen-bond acceptors (Lipinski definition) is 7. The number of benzene rings is 1. The van der Waals surface area contributed by atoms with Gasteiger partial charge in [-0.1, -0.05) is 18.2 Å². The van der Waals surface area contributed by atoms with Crippen molar-refractivity contribution in [3.63, 3.8) is 0 Å². The summed E-state index contributed by atoms with van der Waals surface area (Å²) in [6.45, 7) is 2.09. The number of hydrogen-bond donors (Lipinski definition) is 1. The molecule has 3 aromatic heterocycles. The Labute approximate surface area is 193 Å². The summed E-state index contributed by atoms with van der Waals surface area (Å²) in [5.41, 5.74) is 3.02. The first-order valence-corrected chi connectivity index (χ1v) is 11.0. The molecule has 2 aliphatic rings. The third kappa shape index (κ3) is 3.57. The highest BCUT2D eigenvalue weighted by atomic mass is 19.1. The highest BCUT2D eigenvalue weighted by molar-refractivity contribution is 5.79. The lowest BCUT2D eigenvalue weighted by Crippen LogP contribution is -2.34. The molecule has 4 aromatic rings. The van der Waals surface area contributed by atoms with Gasteiger partial charge in [0.15, 0.2) is 0 Å². The van der Waals surface area contributed by atoms with Gasteiger partial charge < -0.3 is 14.8 Å². The molecule has 172 valence electrons. The van der Waals surface area contributed by atoms with Gasteiger partial charge in [-0.2, -0.15) is 0 Å². The zero-order chi connectivity index (χ0) is 23.1. The summed E-state index contributed by atoms with van der Waals surface area (Å²) in [5.74, 6) is -0.808. The number of nitrogens with one attached hydrogen (secondary N) is 1. The molecule has 1 saturated heterocycles. The van der Waals surface area contributed by atoms with Crippen LogP contribution < -0.4 is 10.9 Å². The number of fused-ring (bicyclic) bond motifs is 1. The molecule has 9 nitrogen and oxygen atoms in total. The van der Waals surface area contributed by atoms with Gasteiger partial charge in [0, 0.05) is 25.1 Å². The second kappa shape index (κ2) is 8.15. The summed E-state index contributed by atoms with van der Waals surface area (Å²) in [6.07, 6.45) is 5.13. The van der Waals surface area contributed by atoms with Crippen molar-refractivity contribution in [2.24, 2.45) is 0 Å². The minimum Gasteiger partial charge on any atom is -0.350 e. The summed E-state index contributed by atoms with van der Waals surface area (Å²) in [4.78, 5) is 26.7. The molecule has 1 spiro atoms. The van der Waals surface area contributed by atoms with Crippen LogP contribution in [0.4, 0.5) is 10.3 Å². The lowest BCUT2D eigenvalue weighted by molar-refractivity contribution is -0.158. The quantitative estimate of drug-likeness (QED) is 0.489. The third-order valence-corrected chi connectivity index (χ3v) is 6.03. The summed E-state index contributed by atoms with van der Waals surface area (Å²) in [6, 6.07) is 11.5. The van der Waals surface area contributed by atoms with Crippen LogP contribution in [-0.2, 0) is 29.1 Å². The Bertz CT molecular complexity index is 1390. The molecule has 34 heavy (non-hydrogen) atoms. The maximum Gasteiger partial charge on any atom is 0.275 e. The van der Waals surface area contributed by atoms with Crippen molar-refractivity contribution >= 4 is 5.95 Å². The van der Waals surface area contributed by atoms with E-state index in [0.717, 1.165) is 5.56 Å². The molecule has 10 heteroatoms. The predicted octanol–water partition coefficient (Wildman–Crippen LogP) is 2.68. The number of pyridine rings is 1. The average molecular weight is 460 g/mol. The lowest BCUT2D eigenvalue weighted by atomic mass is 10.0. The van der Waals surface area contributed by atoms with Crippen molar-refractivity contribution in [3.05, 3.63) is 82.8 Å². The van der Waals surface area contributed by atoms with Crippen LogP contribution in [0.2, 0.25) is 0 Å². The van der Waals surface area contributed by atoms with Crippen molar-refractivity contribution in [1.82, 2.24) is 24.3 Å². The predicted molar refractivity (Wildman–Crippen MR) is 121 cm³/mol. The Kier molecular flexibility index (Phi) is 4.96. The van der Waals surface area contributed by atoms with Crippen molar-refractivity contribution in [1.29, 1.82) is 0 Å². The standard InChI is InChI=1S/C24H21FN6O3/c25-18-5-3-17(4-6-18)20-21(30-14-24(33-10-11-34-24)15-31(30)22(20)32)19-7-9-27-23(29-19)28-13-16-2-1-8-26-12-16/h1-9,12H,10-11,13-15H2,(H,27,28,29). The summed E-state index contributed by atoms with van der Waals surface area (Å²) in [7, 11) is 0. The summed E-state index contributed by atoms with van der Waals surface area (Å²) < 4.78 is 28.8. The fourth-order valence-electron chi connectivity index (χ4n) is 4.49. The molecule has 6 rings (SSSR count). The van der Waals surface area contributed by atoms with Gasteiger partial charge in [0.2, 0.25) is 11.7 Å². The maximum atomic E-state index is 13.6. The fraction of sp³-hybridized carbons (Fsp3) is 0.250. The van der Waals surface area contributed by atoms with Gasteiger partial charge >= 0.3 is 0 Å². The molecule has 0 amide bonds. The first-order chi connectivity index (χ1) is 16.6. The average Bonchev–Trinajstić information content (AvgIpc) is 3.55. The van der Waals surface area contributed by atoms with Crippen molar-refractivity contribution in [3.8, 4) is 22.5 Å². The largest absolute Gasteiger partial charge is 0.350 e. The Morgan fingerprint density at radius 3 is 2.59 bits per heavy atom. The van der Waals surface area contributed by atoms with Crippen molar-refractivity contribution in [2.75, 3.05) is 18.5 Å². The van der Waals surface area contributed by atoms with E-state index >= 15 is 0 Å². The number of ether oxygens (including phenoxy) is 2. The summed E-state index contributed by atoms with van der Waals surface area (Å²) >= 11 is 0. The van der Waals surface area contributed by atoms with Crippen molar-refractivity contribution < 1.29 is 13.9 Å². The molecule has 0 bridgehead atoms. The Hall–Kier alpha value is -3.89. The number of nitrogens with zero attached hydrogens (tertiary/aromatic N) is 5. The van der Waals surface area contributed by atoms with Crippen LogP contribution in [0.5, 0.6) is 0 Å². The number of rotatable bonds is 5. The van der Waals surface area contributed by atoms with Gasteiger partial charge in [-0.05, 0) is 35.4 Å². The zero-order valence-corrected chi connectivity index (χ0v) is 18.1. The monoisotopic (exact) mass is 460 g/mol. The van der Waals surface area contributed by atoms with E-state index in [4.69, 9.17) is 14.5 Å². The molecule has 0 atom stereocenters. The molecule has 0 radical (unpaired) electrons. The van der Waals surface area contributed by atoms with Gasteiger partial charge in [-0.15, -0.1) is 0 Å². The molecule has 1 fully saturated rings. The Balaban J connectivity index is 1.43. The summed E-state index contributed by atoms with van der Waals surface area (Å²) in [5, 5.41) is 3.21. The molecule has 5 heterocycles. The molecule has 2 aliphatic heterocycles. The lowest BCUT2D eigenvalue weighted by Gasteiger charge is -2.20. The molecule has 0 saturated carbocycles. The highest BCUT2D eigenvalue weighted by Crippen LogP contribution is 2.36. The maximum absolute atomic E-state index is 13.6. The van der Waals surface area contributed by atoms with Crippen LogP contribution in [0.3, 0.4) is 0 Å². The SMILES string of the molecule is O=c1c(-c2ccc(F)cc2)c(-c2ccnc(NCc3cccnc3)n2)n2n1CC1(C2)OCCO1. The van der Waals surface area contributed by atoms with Crippen LogP contribution in [0.25, 0.3) is 22.5 Å². The van der Waals surface area contributed by atoms with Crippen LogP contribution >= 0.6 is 0 Å². The van der Waals surface area contributed by atoms with E-state index in [1.54, 1.807) is 41.5 Å². The topological polar surface area (TPSA) is 96.1 Å². The molecule has 0 unspecified atom stereocenters. The first kappa shape index (κ1) is 20.7. The second-order valence-electron chi connectivity index (χ2n) is 8.24. The fourth-order valence-corrected chi connectivity index (χ4v) is 4.49. The third-order valence-electron chi connectivity index (χ3n) is 6.03. The molecular formula is C24H21FN6O3. The van der Waals surface area contributed by atoms with E-state index in [1.807, 2.05) is 16.8 Å². The van der Waals surface area contributed by atoms with Gasteiger partial charge in [-0.3, -0.25) is 14.5 Å². The number of aromatic nitrogens is 5. The van der Waals surface area contributed by atoms with Crippen LogP contribution in [0.1, 0.15) is 5.56 Å². The normalized spacial score (nSPS) is 16.1. The van der Waals surface area contributed by atoms with Crippen LogP contribution in [-0.4, -0.2) is 43.3 Å². The van der Waals surface area contributed by atoms with Gasteiger partial charge in [0.05, 0.1) is 43.3 Å². The van der Waals surface area contributed by atoms with Crippen LogP contribution in [0.15, 0.2) is 65.8 Å². The molecule has 0 aliphatic carbocycles.